The van der Waals surface area contributed by atoms with Crippen molar-refractivity contribution in [3.05, 3.63) is 83.2 Å². The van der Waals surface area contributed by atoms with Crippen LogP contribution in [0.15, 0.2) is 60.7 Å². The minimum Gasteiger partial charge on any atom is -0.446 e. The first kappa shape index (κ1) is 27.0. The van der Waals surface area contributed by atoms with E-state index in [9.17, 15) is 18.8 Å². The summed E-state index contributed by atoms with van der Waals surface area (Å²) < 4.78 is 20.2. The van der Waals surface area contributed by atoms with E-state index < -0.39 is 11.9 Å². The summed E-state index contributed by atoms with van der Waals surface area (Å²) >= 11 is 0. The van der Waals surface area contributed by atoms with Crippen molar-refractivity contribution in [3.8, 4) is 11.1 Å². The molecule has 1 aliphatic heterocycles. The number of carbonyl (C=O) groups is 3. The first-order chi connectivity index (χ1) is 18.3. The molecule has 1 saturated heterocycles. The van der Waals surface area contributed by atoms with Gasteiger partial charge in [-0.1, -0.05) is 42.5 Å². The Morgan fingerprint density at radius 2 is 1.74 bits per heavy atom. The van der Waals surface area contributed by atoms with E-state index in [-0.39, 0.29) is 17.7 Å². The molecule has 7 nitrogen and oxygen atoms in total. The molecule has 1 fully saturated rings. The summed E-state index contributed by atoms with van der Waals surface area (Å²) in [5.41, 5.74) is 4.46. The number of hydrogen-bond acceptors (Lipinski definition) is 5. The summed E-state index contributed by atoms with van der Waals surface area (Å²) in [7, 11) is 0. The molecule has 0 aromatic heterocycles. The van der Waals surface area contributed by atoms with Crippen molar-refractivity contribution in [3.63, 3.8) is 0 Å². The Balaban J connectivity index is 1.24. The number of aryl methyl sites for hydroxylation is 2. The fraction of sp³-hybridized carbons (Fsp3) is 0.300. The van der Waals surface area contributed by atoms with Gasteiger partial charge in [-0.25, -0.2) is 9.18 Å². The smallest absolute Gasteiger partial charge is 0.412 e. The summed E-state index contributed by atoms with van der Waals surface area (Å²) in [5.74, 6) is -0.621. The van der Waals surface area contributed by atoms with Crippen molar-refractivity contribution >= 4 is 29.7 Å². The van der Waals surface area contributed by atoms with Crippen LogP contribution in [0.4, 0.5) is 20.6 Å². The van der Waals surface area contributed by atoms with E-state index in [0.29, 0.717) is 55.7 Å². The molecular formula is C30H32FN3O4. The first-order valence-corrected chi connectivity index (χ1v) is 12.7. The van der Waals surface area contributed by atoms with Gasteiger partial charge >= 0.3 is 6.09 Å². The highest BCUT2D eigenvalue weighted by atomic mass is 19.1. The third-order valence-corrected chi connectivity index (χ3v) is 6.80. The van der Waals surface area contributed by atoms with Gasteiger partial charge in [-0.2, -0.15) is 0 Å². The Morgan fingerprint density at radius 1 is 1.00 bits per heavy atom. The number of benzene rings is 3. The van der Waals surface area contributed by atoms with Crippen LogP contribution in [0.1, 0.15) is 40.7 Å². The molecule has 2 N–H and O–H groups in total. The van der Waals surface area contributed by atoms with Crippen LogP contribution in [0.3, 0.4) is 0 Å². The number of amides is 2. The maximum atomic E-state index is 14.6. The number of ether oxygens (including phenoxy) is 1. The average molecular weight is 518 g/mol. The largest absolute Gasteiger partial charge is 0.446 e. The number of halogens is 1. The van der Waals surface area contributed by atoms with Gasteiger partial charge in [-0.05, 0) is 61.6 Å². The van der Waals surface area contributed by atoms with Gasteiger partial charge in [0.1, 0.15) is 18.2 Å². The Labute approximate surface area is 222 Å². The molecular weight excluding hydrogens is 485 g/mol. The van der Waals surface area contributed by atoms with E-state index in [2.05, 4.69) is 15.5 Å². The standard InChI is InChI=1S/C30H32FN3O4/c1-20-18-27(21(2)17-23(20)19-35)32-28(36)13-16-34-14-11-24(12-15-34)38-30(37)33-29-25(9-6-10-26(29)31)22-7-4-3-5-8-22/h3-10,17-19,24H,11-16H2,1-2H3,(H,32,36)(H,33,37). The highest BCUT2D eigenvalue weighted by molar-refractivity contribution is 5.93. The molecule has 3 aromatic rings. The molecule has 8 heteroatoms. The van der Waals surface area contributed by atoms with Gasteiger partial charge in [-0.15, -0.1) is 0 Å². The quantitative estimate of drug-likeness (QED) is 0.360. The summed E-state index contributed by atoms with van der Waals surface area (Å²) in [6, 6.07) is 17.5. The number of hydrogen-bond donors (Lipinski definition) is 2. The summed E-state index contributed by atoms with van der Waals surface area (Å²) in [6.07, 6.45) is 1.43. The van der Waals surface area contributed by atoms with Gasteiger partial charge < -0.3 is 15.0 Å². The van der Waals surface area contributed by atoms with Gasteiger partial charge in [0.05, 0.1) is 5.69 Å². The highest BCUT2D eigenvalue weighted by Crippen LogP contribution is 2.30. The van der Waals surface area contributed by atoms with Gasteiger partial charge in [0.25, 0.3) is 0 Å². The number of rotatable bonds is 8. The zero-order chi connectivity index (χ0) is 27.1. The third kappa shape index (κ3) is 6.83. The fourth-order valence-corrected chi connectivity index (χ4v) is 4.62. The lowest BCUT2D eigenvalue weighted by Crippen LogP contribution is -2.39. The Kier molecular flexibility index (Phi) is 8.86. The third-order valence-electron chi connectivity index (χ3n) is 6.80. The van der Waals surface area contributed by atoms with Crippen molar-refractivity contribution in [2.24, 2.45) is 0 Å². The van der Waals surface area contributed by atoms with Crippen molar-refractivity contribution in [1.82, 2.24) is 4.90 Å². The molecule has 0 atom stereocenters. The second kappa shape index (κ2) is 12.5. The van der Waals surface area contributed by atoms with Gasteiger partial charge in [0.2, 0.25) is 5.91 Å². The zero-order valence-corrected chi connectivity index (χ0v) is 21.6. The molecule has 38 heavy (non-hydrogen) atoms. The monoisotopic (exact) mass is 517 g/mol. The predicted octanol–water partition coefficient (Wildman–Crippen LogP) is 5.96. The normalized spacial score (nSPS) is 14.1. The Bertz CT molecular complexity index is 1300. The van der Waals surface area contributed by atoms with E-state index >= 15 is 0 Å². The lowest BCUT2D eigenvalue weighted by Gasteiger charge is -2.31. The van der Waals surface area contributed by atoms with E-state index in [0.717, 1.165) is 23.0 Å². The molecule has 2 amide bonds. The van der Waals surface area contributed by atoms with Crippen LogP contribution in [-0.4, -0.2) is 48.9 Å². The number of para-hydroxylation sites is 1. The van der Waals surface area contributed by atoms with E-state index in [1.807, 2.05) is 50.2 Å². The second-order valence-corrected chi connectivity index (χ2v) is 9.54. The number of anilines is 2. The van der Waals surface area contributed by atoms with Crippen LogP contribution in [0.5, 0.6) is 0 Å². The maximum Gasteiger partial charge on any atom is 0.412 e. The predicted molar refractivity (Wildman–Crippen MR) is 146 cm³/mol. The van der Waals surface area contributed by atoms with Crippen LogP contribution in [-0.2, 0) is 9.53 Å². The number of nitrogens with one attached hydrogen (secondary N) is 2. The summed E-state index contributed by atoms with van der Waals surface area (Å²) in [6.45, 7) is 5.66. The van der Waals surface area contributed by atoms with Crippen molar-refractivity contribution in [2.45, 2.75) is 39.2 Å². The van der Waals surface area contributed by atoms with Crippen LogP contribution in [0.25, 0.3) is 11.1 Å². The average Bonchev–Trinajstić information content (AvgIpc) is 2.91. The van der Waals surface area contributed by atoms with Crippen molar-refractivity contribution < 1.29 is 23.5 Å². The molecule has 3 aromatic carbocycles. The number of aldehydes is 1. The molecule has 0 bridgehead atoms. The fourth-order valence-electron chi connectivity index (χ4n) is 4.62. The SMILES string of the molecule is Cc1cc(NC(=O)CCN2CCC(OC(=O)Nc3c(F)cccc3-c3ccccc3)CC2)c(C)cc1C=O. The summed E-state index contributed by atoms with van der Waals surface area (Å²) in [4.78, 5) is 38.3. The van der Waals surface area contributed by atoms with Crippen LogP contribution in [0.2, 0.25) is 0 Å². The molecule has 0 saturated carbocycles. The molecule has 0 aliphatic carbocycles. The Morgan fingerprint density at radius 3 is 2.45 bits per heavy atom. The first-order valence-electron chi connectivity index (χ1n) is 12.7. The number of piperidine rings is 1. The number of carbonyl (C=O) groups excluding carboxylic acids is 3. The van der Waals surface area contributed by atoms with Gasteiger partial charge in [0, 0.05) is 42.9 Å². The molecule has 1 heterocycles. The van der Waals surface area contributed by atoms with Crippen LogP contribution >= 0.6 is 0 Å². The molecule has 0 radical (unpaired) electrons. The molecule has 0 unspecified atom stereocenters. The number of likely N-dealkylation sites (tertiary alicyclic amines) is 1. The molecule has 4 rings (SSSR count). The van der Waals surface area contributed by atoms with Gasteiger partial charge in [-0.3, -0.25) is 14.9 Å². The molecule has 198 valence electrons. The van der Waals surface area contributed by atoms with Crippen LogP contribution < -0.4 is 10.6 Å². The molecule has 0 spiro atoms. The lowest BCUT2D eigenvalue weighted by atomic mass is 10.0. The van der Waals surface area contributed by atoms with E-state index in [4.69, 9.17) is 4.74 Å². The van der Waals surface area contributed by atoms with Crippen LogP contribution in [0, 0.1) is 19.7 Å². The maximum absolute atomic E-state index is 14.6. The van der Waals surface area contributed by atoms with Crippen molar-refractivity contribution in [2.75, 3.05) is 30.3 Å². The summed E-state index contributed by atoms with van der Waals surface area (Å²) in [5, 5.41) is 5.52. The highest BCUT2D eigenvalue weighted by Gasteiger charge is 2.24. The lowest BCUT2D eigenvalue weighted by molar-refractivity contribution is -0.116. The second-order valence-electron chi connectivity index (χ2n) is 9.54. The minimum absolute atomic E-state index is 0.0942. The Hall–Kier alpha value is -4.04. The van der Waals surface area contributed by atoms with Gasteiger partial charge in [0.15, 0.2) is 0 Å². The zero-order valence-electron chi connectivity index (χ0n) is 21.6. The number of nitrogens with zero attached hydrogens (tertiary/aromatic N) is 1. The van der Waals surface area contributed by atoms with E-state index in [1.54, 1.807) is 18.2 Å². The minimum atomic E-state index is -0.684. The van der Waals surface area contributed by atoms with Crippen molar-refractivity contribution in [1.29, 1.82) is 0 Å². The van der Waals surface area contributed by atoms with E-state index in [1.165, 1.54) is 6.07 Å². The molecule has 1 aliphatic rings. The topological polar surface area (TPSA) is 87.7 Å².